The Kier molecular flexibility index (Phi) is 4.30. The molecule has 0 fully saturated rings. The first kappa shape index (κ1) is 14.0. The third kappa shape index (κ3) is 3.12. The lowest BCUT2D eigenvalue weighted by Gasteiger charge is -2.18. The highest BCUT2D eigenvalue weighted by atomic mass is 16.2. The van der Waals surface area contributed by atoms with Gasteiger partial charge in [0.1, 0.15) is 5.82 Å². The molecule has 0 bridgehead atoms. The summed E-state index contributed by atoms with van der Waals surface area (Å²) in [5.74, 6) is 0.507. The molecule has 0 atom stereocenters. The van der Waals surface area contributed by atoms with Crippen molar-refractivity contribution in [2.75, 3.05) is 19.4 Å². The van der Waals surface area contributed by atoms with Gasteiger partial charge in [-0.1, -0.05) is 6.07 Å². The average Bonchev–Trinajstić information content (AvgIpc) is 2.46. The van der Waals surface area contributed by atoms with Crippen LogP contribution in [0, 0.1) is 6.92 Å². The zero-order chi connectivity index (χ0) is 14.5. The Bertz CT molecular complexity index is 612. The summed E-state index contributed by atoms with van der Waals surface area (Å²) in [4.78, 5) is 22.6. The molecule has 2 heterocycles. The molecule has 2 rings (SSSR count). The summed E-state index contributed by atoms with van der Waals surface area (Å²) >= 11 is 0. The van der Waals surface area contributed by atoms with E-state index >= 15 is 0 Å². The Morgan fingerprint density at radius 1 is 1.30 bits per heavy atom. The number of anilines is 1. The zero-order valence-corrected chi connectivity index (χ0v) is 11.9. The minimum atomic E-state index is -0.0780. The maximum Gasteiger partial charge on any atom is 0.257 e. The lowest BCUT2D eigenvalue weighted by Crippen LogP contribution is -2.27. The van der Waals surface area contributed by atoms with Gasteiger partial charge in [0.15, 0.2) is 0 Å². The van der Waals surface area contributed by atoms with Crippen molar-refractivity contribution in [3.63, 3.8) is 0 Å². The lowest BCUT2D eigenvalue weighted by atomic mass is 10.2. The Morgan fingerprint density at radius 2 is 2.10 bits per heavy atom. The molecular weight excluding hydrogens is 252 g/mol. The van der Waals surface area contributed by atoms with Crippen molar-refractivity contribution in [1.29, 1.82) is 0 Å². The highest BCUT2D eigenvalue weighted by Gasteiger charge is 2.16. The van der Waals surface area contributed by atoms with Gasteiger partial charge in [0.2, 0.25) is 0 Å². The van der Waals surface area contributed by atoms with Crippen LogP contribution in [0.2, 0.25) is 0 Å². The zero-order valence-electron chi connectivity index (χ0n) is 11.9. The number of pyridine rings is 2. The molecule has 0 aliphatic rings. The van der Waals surface area contributed by atoms with Crippen molar-refractivity contribution in [3.05, 3.63) is 53.5 Å². The van der Waals surface area contributed by atoms with Crippen molar-refractivity contribution in [2.24, 2.45) is 0 Å². The molecule has 5 nitrogen and oxygen atoms in total. The molecule has 0 spiro atoms. The smallest absolute Gasteiger partial charge is 0.257 e. The normalized spacial score (nSPS) is 10.2. The van der Waals surface area contributed by atoms with E-state index in [-0.39, 0.29) is 5.91 Å². The summed E-state index contributed by atoms with van der Waals surface area (Å²) in [7, 11) is 3.51. The third-order valence-corrected chi connectivity index (χ3v) is 2.97. The van der Waals surface area contributed by atoms with Gasteiger partial charge in [-0.3, -0.25) is 9.78 Å². The molecule has 0 aromatic carbocycles. The molecule has 0 saturated carbocycles. The average molecular weight is 270 g/mol. The van der Waals surface area contributed by atoms with Gasteiger partial charge in [-0.05, 0) is 31.2 Å². The number of amides is 1. The maximum absolute atomic E-state index is 12.4. The van der Waals surface area contributed by atoms with E-state index < -0.39 is 0 Å². The molecule has 1 amide bonds. The van der Waals surface area contributed by atoms with Crippen molar-refractivity contribution in [3.8, 4) is 0 Å². The van der Waals surface area contributed by atoms with Gasteiger partial charge in [-0.15, -0.1) is 0 Å². The molecule has 2 aromatic heterocycles. The maximum atomic E-state index is 12.4. The van der Waals surface area contributed by atoms with Gasteiger partial charge in [0.05, 0.1) is 17.8 Å². The first-order chi connectivity index (χ1) is 9.61. The first-order valence-electron chi connectivity index (χ1n) is 6.42. The summed E-state index contributed by atoms with van der Waals surface area (Å²) in [5, 5.41) is 2.93. The number of rotatable bonds is 4. The van der Waals surface area contributed by atoms with E-state index in [2.05, 4.69) is 15.3 Å². The molecule has 0 unspecified atom stereocenters. The lowest BCUT2D eigenvalue weighted by molar-refractivity contribution is 0.0784. The highest BCUT2D eigenvalue weighted by Crippen LogP contribution is 2.14. The van der Waals surface area contributed by atoms with Crippen LogP contribution in [-0.2, 0) is 6.54 Å². The molecular formula is C15H18N4O. The Labute approximate surface area is 118 Å². The van der Waals surface area contributed by atoms with Crippen LogP contribution in [0.1, 0.15) is 21.7 Å². The van der Waals surface area contributed by atoms with Crippen LogP contribution in [0.25, 0.3) is 0 Å². The van der Waals surface area contributed by atoms with Crippen LogP contribution in [0.5, 0.6) is 0 Å². The fourth-order valence-electron chi connectivity index (χ4n) is 1.99. The molecule has 0 saturated heterocycles. The standard InChI is InChI=1S/C15H18N4O/c1-11-6-4-7-12(18-11)10-19(3)15(20)13-8-5-9-17-14(13)16-2/h4-9H,10H2,1-3H3,(H,16,17). The van der Waals surface area contributed by atoms with Crippen molar-refractivity contribution < 1.29 is 4.79 Å². The number of nitrogens with one attached hydrogen (secondary N) is 1. The van der Waals surface area contributed by atoms with Gasteiger partial charge in [0, 0.05) is 26.0 Å². The Hall–Kier alpha value is -2.43. The number of carbonyl (C=O) groups excluding carboxylic acids is 1. The minimum absolute atomic E-state index is 0.0780. The van der Waals surface area contributed by atoms with Gasteiger partial charge < -0.3 is 10.2 Å². The summed E-state index contributed by atoms with van der Waals surface area (Å²) in [6, 6.07) is 9.32. The topological polar surface area (TPSA) is 58.1 Å². The molecule has 5 heteroatoms. The Balaban J connectivity index is 2.16. The highest BCUT2D eigenvalue weighted by molar-refractivity contribution is 5.98. The van der Waals surface area contributed by atoms with E-state index in [1.165, 1.54) is 0 Å². The molecule has 0 radical (unpaired) electrons. The van der Waals surface area contributed by atoms with Crippen molar-refractivity contribution in [1.82, 2.24) is 14.9 Å². The second-order valence-corrected chi connectivity index (χ2v) is 4.58. The summed E-state index contributed by atoms with van der Waals surface area (Å²) in [6.07, 6.45) is 1.66. The SMILES string of the molecule is CNc1ncccc1C(=O)N(C)Cc1cccc(C)n1. The van der Waals surface area contributed by atoms with Crippen molar-refractivity contribution in [2.45, 2.75) is 13.5 Å². The van der Waals surface area contributed by atoms with Gasteiger partial charge in [-0.25, -0.2) is 4.98 Å². The summed E-state index contributed by atoms with van der Waals surface area (Å²) in [6.45, 7) is 2.41. The number of hydrogen-bond donors (Lipinski definition) is 1. The monoisotopic (exact) mass is 270 g/mol. The van der Waals surface area contributed by atoms with Crippen LogP contribution in [0.15, 0.2) is 36.5 Å². The predicted octanol–water partition coefficient (Wildman–Crippen LogP) is 2.10. The summed E-state index contributed by atoms with van der Waals surface area (Å²) < 4.78 is 0. The van der Waals surface area contributed by atoms with Gasteiger partial charge >= 0.3 is 0 Å². The van der Waals surface area contributed by atoms with Crippen molar-refractivity contribution >= 4 is 11.7 Å². The van der Waals surface area contributed by atoms with Crippen LogP contribution in [0.4, 0.5) is 5.82 Å². The van der Waals surface area contributed by atoms with E-state index in [4.69, 9.17) is 0 Å². The number of aromatic nitrogens is 2. The quantitative estimate of drug-likeness (QED) is 0.924. The molecule has 0 aliphatic carbocycles. The first-order valence-corrected chi connectivity index (χ1v) is 6.42. The van der Waals surface area contributed by atoms with E-state index in [1.54, 1.807) is 37.3 Å². The molecule has 104 valence electrons. The van der Waals surface area contributed by atoms with Crippen LogP contribution >= 0.6 is 0 Å². The molecule has 2 aromatic rings. The van der Waals surface area contributed by atoms with Crippen LogP contribution < -0.4 is 5.32 Å². The fourth-order valence-corrected chi connectivity index (χ4v) is 1.99. The van der Waals surface area contributed by atoms with Gasteiger partial charge in [0.25, 0.3) is 5.91 Å². The van der Waals surface area contributed by atoms with E-state index in [0.717, 1.165) is 11.4 Å². The number of nitrogens with zero attached hydrogens (tertiary/aromatic N) is 3. The molecule has 20 heavy (non-hydrogen) atoms. The predicted molar refractivity (Wildman–Crippen MR) is 78.6 cm³/mol. The fraction of sp³-hybridized carbons (Fsp3) is 0.267. The number of carbonyl (C=O) groups is 1. The largest absolute Gasteiger partial charge is 0.372 e. The number of aryl methyl sites for hydroxylation is 1. The second kappa shape index (κ2) is 6.14. The van der Waals surface area contributed by atoms with E-state index in [1.807, 2.05) is 25.1 Å². The number of hydrogen-bond acceptors (Lipinski definition) is 4. The Morgan fingerprint density at radius 3 is 2.80 bits per heavy atom. The van der Waals surface area contributed by atoms with Crippen LogP contribution in [0.3, 0.4) is 0 Å². The summed E-state index contributed by atoms with van der Waals surface area (Å²) in [5.41, 5.74) is 2.38. The third-order valence-electron chi connectivity index (χ3n) is 2.97. The van der Waals surface area contributed by atoms with E-state index in [0.29, 0.717) is 17.9 Å². The second-order valence-electron chi connectivity index (χ2n) is 4.58. The molecule has 0 aliphatic heterocycles. The van der Waals surface area contributed by atoms with Gasteiger partial charge in [-0.2, -0.15) is 0 Å². The minimum Gasteiger partial charge on any atom is -0.372 e. The molecule has 1 N–H and O–H groups in total. The van der Waals surface area contributed by atoms with Crippen LogP contribution in [-0.4, -0.2) is 34.9 Å². The van der Waals surface area contributed by atoms with E-state index in [9.17, 15) is 4.79 Å².